The molecule has 28 heavy (non-hydrogen) atoms. The van der Waals surface area contributed by atoms with Gasteiger partial charge in [0.1, 0.15) is 16.0 Å². The Hall–Kier alpha value is -1.96. The second kappa shape index (κ2) is 7.13. The lowest BCUT2D eigenvalue weighted by Crippen LogP contribution is -2.40. The molecule has 4 N–H and O–H groups in total. The van der Waals surface area contributed by atoms with Crippen LogP contribution in [0, 0.1) is 18.8 Å². The van der Waals surface area contributed by atoms with Crippen molar-refractivity contribution < 1.29 is 5.11 Å². The van der Waals surface area contributed by atoms with E-state index < -0.39 is 0 Å². The molecule has 0 bridgehead atoms. The number of aliphatic hydroxyl groups is 1. The number of fused-ring (bicyclic) bond motifs is 1. The number of thiazole rings is 1. The van der Waals surface area contributed by atoms with Crippen molar-refractivity contribution in [3.63, 3.8) is 0 Å². The number of aryl methyl sites for hydroxylation is 1. The largest absolute Gasteiger partial charge is 0.396 e. The Bertz CT molecular complexity index is 1040. The third kappa shape index (κ3) is 3.32. The Kier molecular flexibility index (Phi) is 4.93. The van der Waals surface area contributed by atoms with Gasteiger partial charge in [-0.2, -0.15) is 4.98 Å². The molecule has 2 aromatic heterocycles. The maximum atomic E-state index is 9.66. The summed E-state index contributed by atoms with van der Waals surface area (Å²) in [4.78, 5) is 13.4. The molecule has 2 heterocycles. The van der Waals surface area contributed by atoms with Crippen LogP contribution in [0.25, 0.3) is 20.8 Å². The molecular formula is C20H24ClN5OS. The summed E-state index contributed by atoms with van der Waals surface area (Å²) in [6.07, 6.45) is 1.89. The fourth-order valence-electron chi connectivity index (χ4n) is 4.05. The van der Waals surface area contributed by atoms with Gasteiger partial charge in [-0.05, 0) is 56.2 Å². The number of hydrogen-bond acceptors (Lipinski definition) is 7. The summed E-state index contributed by atoms with van der Waals surface area (Å²) in [5.41, 5.74) is 8.44. The zero-order valence-electron chi connectivity index (χ0n) is 16.2. The van der Waals surface area contributed by atoms with Crippen LogP contribution in [0.1, 0.15) is 32.3 Å². The van der Waals surface area contributed by atoms with Crippen LogP contribution < -0.4 is 11.1 Å². The van der Waals surface area contributed by atoms with Gasteiger partial charge in [0.25, 0.3) is 0 Å². The van der Waals surface area contributed by atoms with Crippen molar-refractivity contribution in [2.24, 2.45) is 11.8 Å². The molecule has 0 unspecified atom stereocenters. The maximum Gasteiger partial charge on any atom is 0.223 e. The number of benzene rings is 1. The Labute approximate surface area is 173 Å². The van der Waals surface area contributed by atoms with Crippen LogP contribution in [-0.2, 0) is 0 Å². The van der Waals surface area contributed by atoms with Gasteiger partial charge in [0.15, 0.2) is 0 Å². The minimum absolute atomic E-state index is 0.126. The first-order chi connectivity index (χ1) is 13.3. The SMILES string of the molecule is Cc1ccc2sc(-c3c(Cl)nc(N)nc3N[C@@]3(C)CC[C@H](CO)[C@H]3C)nc2c1. The first-order valence-electron chi connectivity index (χ1n) is 9.40. The topological polar surface area (TPSA) is 97.0 Å². The van der Waals surface area contributed by atoms with Gasteiger partial charge in [-0.25, -0.2) is 9.97 Å². The van der Waals surface area contributed by atoms with Gasteiger partial charge < -0.3 is 16.2 Å². The van der Waals surface area contributed by atoms with Crippen molar-refractivity contribution in [3.8, 4) is 10.6 Å². The third-order valence-corrected chi connectivity index (χ3v) is 7.35. The Morgan fingerprint density at radius 3 is 2.86 bits per heavy atom. The predicted octanol–water partition coefficient (Wildman–Crippen LogP) is 4.51. The van der Waals surface area contributed by atoms with Crippen molar-refractivity contribution >= 4 is 44.9 Å². The number of nitrogen functional groups attached to an aromatic ring is 1. The van der Waals surface area contributed by atoms with Crippen LogP contribution in [0.2, 0.25) is 5.15 Å². The molecule has 1 aliphatic rings. The third-order valence-electron chi connectivity index (χ3n) is 6.02. The van der Waals surface area contributed by atoms with Crippen molar-refractivity contribution in [2.45, 2.75) is 39.2 Å². The van der Waals surface area contributed by atoms with Gasteiger partial charge in [0.05, 0.1) is 15.8 Å². The Morgan fingerprint density at radius 1 is 1.36 bits per heavy atom. The van der Waals surface area contributed by atoms with Gasteiger partial charge in [0, 0.05) is 12.1 Å². The van der Waals surface area contributed by atoms with Crippen molar-refractivity contribution in [3.05, 3.63) is 28.9 Å². The lowest BCUT2D eigenvalue weighted by Gasteiger charge is -2.33. The van der Waals surface area contributed by atoms with Crippen molar-refractivity contribution in [1.29, 1.82) is 0 Å². The smallest absolute Gasteiger partial charge is 0.223 e. The van der Waals surface area contributed by atoms with E-state index in [4.69, 9.17) is 22.3 Å². The zero-order chi connectivity index (χ0) is 20.1. The van der Waals surface area contributed by atoms with Crippen LogP contribution in [0.5, 0.6) is 0 Å². The van der Waals surface area contributed by atoms with Gasteiger partial charge in [-0.1, -0.05) is 24.6 Å². The minimum Gasteiger partial charge on any atom is -0.396 e. The highest BCUT2D eigenvalue weighted by atomic mass is 35.5. The first kappa shape index (κ1) is 19.4. The molecule has 3 aromatic rings. The highest BCUT2D eigenvalue weighted by Crippen LogP contribution is 2.45. The summed E-state index contributed by atoms with van der Waals surface area (Å²) in [7, 11) is 0. The highest BCUT2D eigenvalue weighted by molar-refractivity contribution is 7.21. The number of nitrogens with zero attached hydrogens (tertiary/aromatic N) is 3. The molecule has 0 amide bonds. The van der Waals surface area contributed by atoms with E-state index >= 15 is 0 Å². The van der Waals surface area contributed by atoms with Crippen LogP contribution in [-0.4, -0.2) is 32.2 Å². The first-order valence-corrected chi connectivity index (χ1v) is 10.6. The summed E-state index contributed by atoms with van der Waals surface area (Å²) in [5.74, 6) is 1.27. The molecule has 1 aromatic carbocycles. The number of hydrogen-bond donors (Lipinski definition) is 3. The molecule has 0 saturated heterocycles. The molecule has 1 fully saturated rings. The fourth-order valence-corrected chi connectivity index (χ4v) is 5.37. The van der Waals surface area contributed by atoms with Gasteiger partial charge in [-0.3, -0.25) is 0 Å². The van der Waals surface area contributed by atoms with E-state index in [1.54, 1.807) is 11.3 Å². The number of anilines is 2. The van der Waals surface area contributed by atoms with E-state index in [1.807, 2.05) is 6.92 Å². The van der Waals surface area contributed by atoms with Gasteiger partial charge in [0.2, 0.25) is 5.95 Å². The molecule has 0 radical (unpaired) electrons. The molecule has 1 saturated carbocycles. The molecule has 0 spiro atoms. The number of aliphatic hydroxyl groups excluding tert-OH is 1. The molecule has 3 atom stereocenters. The molecule has 148 valence electrons. The van der Waals surface area contributed by atoms with E-state index in [0.29, 0.717) is 16.5 Å². The van der Waals surface area contributed by atoms with E-state index in [1.165, 1.54) is 0 Å². The molecule has 8 heteroatoms. The second-order valence-electron chi connectivity index (χ2n) is 7.90. The number of nitrogens with two attached hydrogens (primary N) is 1. The summed E-state index contributed by atoms with van der Waals surface area (Å²) >= 11 is 8.07. The predicted molar refractivity (Wildman–Crippen MR) is 116 cm³/mol. The molecular weight excluding hydrogens is 394 g/mol. The standard InChI is InChI=1S/C20H24ClN5OS/c1-10-4-5-14-13(8-10)23-18(28-14)15-16(21)24-19(22)25-17(15)26-20(3)7-6-12(9-27)11(20)2/h4-5,8,11-12,27H,6-7,9H2,1-3H3,(H3,22,24,25,26)/t11-,12-,20+/m1/s1. The van der Waals surface area contributed by atoms with E-state index in [2.05, 4.69) is 47.3 Å². The van der Waals surface area contributed by atoms with Crippen LogP contribution in [0.4, 0.5) is 11.8 Å². The second-order valence-corrected chi connectivity index (χ2v) is 9.29. The van der Waals surface area contributed by atoms with E-state index in [9.17, 15) is 5.11 Å². The fraction of sp³-hybridized carbons (Fsp3) is 0.450. The number of rotatable bonds is 4. The molecule has 4 rings (SSSR count). The normalized spacial score (nSPS) is 24.8. The maximum absolute atomic E-state index is 9.66. The van der Waals surface area contributed by atoms with Crippen LogP contribution >= 0.6 is 22.9 Å². The number of aromatic nitrogens is 3. The van der Waals surface area contributed by atoms with Gasteiger partial charge in [-0.15, -0.1) is 11.3 Å². The Balaban J connectivity index is 1.80. The monoisotopic (exact) mass is 417 g/mol. The summed E-state index contributed by atoms with van der Waals surface area (Å²) in [6.45, 7) is 6.55. The average molecular weight is 418 g/mol. The quantitative estimate of drug-likeness (QED) is 0.540. The molecule has 1 aliphatic carbocycles. The summed E-state index contributed by atoms with van der Waals surface area (Å²) < 4.78 is 1.08. The van der Waals surface area contributed by atoms with Crippen molar-refractivity contribution in [1.82, 2.24) is 15.0 Å². The van der Waals surface area contributed by atoms with Crippen LogP contribution in [0.15, 0.2) is 18.2 Å². The summed E-state index contributed by atoms with van der Waals surface area (Å²) in [5, 5.41) is 14.3. The summed E-state index contributed by atoms with van der Waals surface area (Å²) in [6, 6.07) is 6.19. The highest BCUT2D eigenvalue weighted by Gasteiger charge is 2.43. The zero-order valence-corrected chi connectivity index (χ0v) is 17.7. The number of nitrogens with one attached hydrogen (secondary N) is 1. The minimum atomic E-state index is -0.223. The van der Waals surface area contributed by atoms with E-state index in [0.717, 1.165) is 33.6 Å². The van der Waals surface area contributed by atoms with Crippen LogP contribution in [0.3, 0.4) is 0 Å². The average Bonchev–Trinajstić information content (AvgIpc) is 3.15. The molecule has 0 aliphatic heterocycles. The van der Waals surface area contributed by atoms with E-state index in [-0.39, 0.29) is 29.9 Å². The number of halogens is 1. The lowest BCUT2D eigenvalue weighted by molar-refractivity contribution is 0.187. The molecule has 6 nitrogen and oxygen atoms in total. The van der Waals surface area contributed by atoms with Crippen molar-refractivity contribution in [2.75, 3.05) is 17.7 Å². The Morgan fingerprint density at radius 2 is 2.14 bits per heavy atom. The lowest BCUT2D eigenvalue weighted by atomic mass is 9.86. The van der Waals surface area contributed by atoms with Gasteiger partial charge >= 0.3 is 0 Å².